The van der Waals surface area contributed by atoms with Crippen LogP contribution in [0.25, 0.3) is 0 Å². The second-order valence-electron chi connectivity index (χ2n) is 5.67. The number of Topliss-reactive ketones (excluding diaryl/α,β-unsaturated/α-hetero) is 1. The highest BCUT2D eigenvalue weighted by atomic mass is 16.5. The van der Waals surface area contributed by atoms with Crippen molar-refractivity contribution < 1.29 is 14.3 Å². The number of benzene rings is 2. The van der Waals surface area contributed by atoms with Crippen molar-refractivity contribution in [2.24, 2.45) is 0 Å². The lowest BCUT2D eigenvalue weighted by Gasteiger charge is -2.32. The van der Waals surface area contributed by atoms with Gasteiger partial charge in [0.05, 0.1) is 13.7 Å². The number of morpholine rings is 1. The molecule has 0 radical (unpaired) electrons. The van der Waals surface area contributed by atoms with Gasteiger partial charge in [-0.3, -0.25) is 9.69 Å². The smallest absolute Gasteiger partial charge is 0.192 e. The van der Waals surface area contributed by atoms with Gasteiger partial charge >= 0.3 is 0 Å². The molecule has 1 aliphatic heterocycles. The molecule has 0 N–H and O–H groups in total. The van der Waals surface area contributed by atoms with E-state index in [-0.39, 0.29) is 5.78 Å². The number of carbonyl (C=O) groups is 1. The summed E-state index contributed by atoms with van der Waals surface area (Å²) in [4.78, 5) is 14.9. The molecule has 1 heterocycles. The van der Waals surface area contributed by atoms with Crippen molar-refractivity contribution in [1.29, 1.82) is 0 Å². The highest BCUT2D eigenvalue weighted by Gasteiger charge is 2.27. The number of methoxy groups -OCH3 is 1. The lowest BCUT2D eigenvalue weighted by molar-refractivity contribution is -0.0190. The van der Waals surface area contributed by atoms with Crippen LogP contribution in [0.1, 0.15) is 15.9 Å². The molecule has 1 unspecified atom stereocenters. The normalized spacial score (nSPS) is 18.6. The fourth-order valence-corrected chi connectivity index (χ4v) is 2.79. The van der Waals surface area contributed by atoms with Crippen molar-refractivity contribution in [3.8, 4) is 5.75 Å². The Morgan fingerprint density at radius 3 is 2.61 bits per heavy atom. The van der Waals surface area contributed by atoms with E-state index in [0.29, 0.717) is 18.7 Å². The van der Waals surface area contributed by atoms with E-state index in [0.717, 1.165) is 18.8 Å². The summed E-state index contributed by atoms with van der Waals surface area (Å²) in [5.41, 5.74) is 1.92. The molecule has 2 aromatic rings. The number of ketones is 1. The predicted molar refractivity (Wildman–Crippen MR) is 88.8 cm³/mol. The number of rotatable bonds is 5. The SMILES string of the molecule is COc1ccc(C(=O)C2CN(Cc3ccccc3)CCO2)cc1. The van der Waals surface area contributed by atoms with Gasteiger partial charge in [-0.1, -0.05) is 30.3 Å². The Bertz CT molecular complexity index is 639. The zero-order valence-corrected chi connectivity index (χ0v) is 13.3. The molecule has 0 aliphatic carbocycles. The highest BCUT2D eigenvalue weighted by Crippen LogP contribution is 2.17. The van der Waals surface area contributed by atoms with Crippen LogP contribution < -0.4 is 4.74 Å². The minimum atomic E-state index is -0.402. The highest BCUT2D eigenvalue weighted by molar-refractivity contribution is 5.99. The van der Waals surface area contributed by atoms with E-state index in [1.807, 2.05) is 18.2 Å². The minimum Gasteiger partial charge on any atom is -0.497 e. The third kappa shape index (κ3) is 3.97. The Balaban J connectivity index is 1.64. The number of hydrogen-bond acceptors (Lipinski definition) is 4. The second-order valence-corrected chi connectivity index (χ2v) is 5.67. The van der Waals surface area contributed by atoms with Gasteiger partial charge in [-0.25, -0.2) is 0 Å². The second kappa shape index (κ2) is 7.40. The van der Waals surface area contributed by atoms with Gasteiger partial charge in [0.15, 0.2) is 5.78 Å². The van der Waals surface area contributed by atoms with Crippen LogP contribution in [0.3, 0.4) is 0 Å². The van der Waals surface area contributed by atoms with E-state index in [9.17, 15) is 4.79 Å². The first-order chi connectivity index (χ1) is 11.3. The van der Waals surface area contributed by atoms with Gasteiger partial charge in [-0.15, -0.1) is 0 Å². The van der Waals surface area contributed by atoms with Crippen molar-refractivity contribution in [3.05, 3.63) is 65.7 Å². The van der Waals surface area contributed by atoms with Gasteiger partial charge in [0.25, 0.3) is 0 Å². The molecule has 0 aromatic heterocycles. The number of ether oxygens (including phenoxy) is 2. The fraction of sp³-hybridized carbons (Fsp3) is 0.316. The Hall–Kier alpha value is -2.17. The molecule has 0 amide bonds. The summed E-state index contributed by atoms with van der Waals surface area (Å²) in [5.74, 6) is 0.780. The first kappa shape index (κ1) is 15.7. The Morgan fingerprint density at radius 2 is 1.91 bits per heavy atom. The van der Waals surface area contributed by atoms with Crippen molar-refractivity contribution in [2.75, 3.05) is 26.8 Å². The molecule has 120 valence electrons. The maximum absolute atomic E-state index is 12.6. The summed E-state index contributed by atoms with van der Waals surface area (Å²) in [6.45, 7) is 2.90. The van der Waals surface area contributed by atoms with Gasteiger partial charge < -0.3 is 9.47 Å². The monoisotopic (exact) mass is 311 g/mol. The average Bonchev–Trinajstić information content (AvgIpc) is 2.62. The molecule has 1 aliphatic rings. The largest absolute Gasteiger partial charge is 0.497 e. The topological polar surface area (TPSA) is 38.8 Å². The molecule has 23 heavy (non-hydrogen) atoms. The fourth-order valence-electron chi connectivity index (χ4n) is 2.79. The molecule has 1 fully saturated rings. The van der Waals surface area contributed by atoms with Crippen LogP contribution in [0, 0.1) is 0 Å². The van der Waals surface area contributed by atoms with Crippen LogP contribution in [-0.2, 0) is 11.3 Å². The zero-order valence-electron chi connectivity index (χ0n) is 13.3. The summed E-state index contributed by atoms with van der Waals surface area (Å²) in [7, 11) is 1.61. The maximum atomic E-state index is 12.6. The molecule has 1 atom stereocenters. The maximum Gasteiger partial charge on any atom is 0.192 e. The van der Waals surface area contributed by atoms with Crippen molar-refractivity contribution in [3.63, 3.8) is 0 Å². The van der Waals surface area contributed by atoms with Crippen LogP contribution in [-0.4, -0.2) is 43.6 Å². The molecule has 4 heteroatoms. The van der Waals surface area contributed by atoms with Gasteiger partial charge in [0.2, 0.25) is 0 Å². The molecular formula is C19H21NO3. The van der Waals surface area contributed by atoms with E-state index in [1.165, 1.54) is 5.56 Å². The Labute approximate surface area is 136 Å². The van der Waals surface area contributed by atoms with Crippen LogP contribution in [0.15, 0.2) is 54.6 Å². The first-order valence-corrected chi connectivity index (χ1v) is 7.82. The Morgan fingerprint density at radius 1 is 1.17 bits per heavy atom. The average molecular weight is 311 g/mol. The van der Waals surface area contributed by atoms with Crippen LogP contribution in [0.5, 0.6) is 5.75 Å². The number of hydrogen-bond donors (Lipinski definition) is 0. The van der Waals surface area contributed by atoms with E-state index in [2.05, 4.69) is 17.0 Å². The number of nitrogens with zero attached hydrogens (tertiary/aromatic N) is 1. The van der Waals surface area contributed by atoms with Crippen LogP contribution >= 0.6 is 0 Å². The van der Waals surface area contributed by atoms with Gasteiger partial charge in [-0.2, -0.15) is 0 Å². The third-order valence-corrected chi connectivity index (χ3v) is 4.07. The summed E-state index contributed by atoms with van der Waals surface area (Å²) >= 11 is 0. The summed E-state index contributed by atoms with van der Waals surface area (Å²) < 4.78 is 10.8. The van der Waals surface area contributed by atoms with Gasteiger partial charge in [0, 0.05) is 25.2 Å². The quantitative estimate of drug-likeness (QED) is 0.796. The van der Waals surface area contributed by atoms with Crippen LogP contribution in [0.4, 0.5) is 0 Å². The summed E-state index contributed by atoms with van der Waals surface area (Å²) in [6.07, 6.45) is -0.402. The molecule has 2 aromatic carbocycles. The van der Waals surface area contributed by atoms with E-state index in [4.69, 9.17) is 9.47 Å². The van der Waals surface area contributed by atoms with Crippen molar-refractivity contribution in [1.82, 2.24) is 4.90 Å². The van der Waals surface area contributed by atoms with E-state index in [1.54, 1.807) is 31.4 Å². The van der Waals surface area contributed by atoms with Crippen molar-refractivity contribution >= 4 is 5.78 Å². The first-order valence-electron chi connectivity index (χ1n) is 7.82. The van der Waals surface area contributed by atoms with E-state index >= 15 is 0 Å². The molecule has 0 bridgehead atoms. The minimum absolute atomic E-state index is 0.0328. The third-order valence-electron chi connectivity index (χ3n) is 4.07. The molecule has 0 saturated carbocycles. The van der Waals surface area contributed by atoms with Crippen molar-refractivity contribution in [2.45, 2.75) is 12.6 Å². The molecule has 1 saturated heterocycles. The number of carbonyl (C=O) groups excluding carboxylic acids is 1. The zero-order chi connectivity index (χ0) is 16.1. The van der Waals surface area contributed by atoms with E-state index < -0.39 is 6.10 Å². The van der Waals surface area contributed by atoms with Gasteiger partial charge in [0.1, 0.15) is 11.9 Å². The lowest BCUT2D eigenvalue weighted by atomic mass is 10.0. The molecule has 4 nitrogen and oxygen atoms in total. The molecular weight excluding hydrogens is 290 g/mol. The lowest BCUT2D eigenvalue weighted by Crippen LogP contribution is -2.45. The predicted octanol–water partition coefficient (Wildman–Crippen LogP) is 2.78. The molecule has 0 spiro atoms. The Kier molecular flexibility index (Phi) is 5.05. The molecule has 3 rings (SSSR count). The summed E-state index contributed by atoms with van der Waals surface area (Å²) in [6, 6.07) is 17.5. The van der Waals surface area contributed by atoms with Crippen LogP contribution in [0.2, 0.25) is 0 Å². The summed E-state index contributed by atoms with van der Waals surface area (Å²) in [5, 5.41) is 0. The standard InChI is InChI=1S/C19H21NO3/c1-22-17-9-7-16(8-10-17)19(21)18-14-20(11-12-23-18)13-15-5-3-2-4-6-15/h2-10,18H,11-14H2,1H3. The van der Waals surface area contributed by atoms with Gasteiger partial charge in [-0.05, 0) is 29.8 Å².